The molecule has 0 radical (unpaired) electrons. The Morgan fingerprint density at radius 2 is 1.31 bits per heavy atom. The van der Waals surface area contributed by atoms with Crippen LogP contribution in [0.4, 0.5) is 15.3 Å². The first-order chi connectivity index (χ1) is 25.8. The molecule has 2 rings (SSSR count). The van der Waals surface area contributed by atoms with Crippen LogP contribution in [0, 0.1) is 0 Å². The Bertz CT molecular complexity index is 1640. The van der Waals surface area contributed by atoms with Gasteiger partial charge in [0.2, 0.25) is 11.9 Å². The fraction of sp³-hybridized carbons (Fsp3) is 0.500. The average Bonchev–Trinajstić information content (AvgIpc) is 3.06. The molecule has 0 fully saturated rings. The number of rotatable bonds is 16. The molecule has 302 valence electrons. The van der Waals surface area contributed by atoms with Crippen molar-refractivity contribution in [2.24, 2.45) is 4.99 Å². The predicted octanol–water partition coefficient (Wildman–Crippen LogP) is 6.58. The number of ether oxygens (including phenoxy) is 3. The number of guanidine groups is 1. The fourth-order valence-corrected chi connectivity index (χ4v) is 5.14. The number of halogens is 2. The van der Waals surface area contributed by atoms with Gasteiger partial charge in [-0.3, -0.25) is 25.0 Å². The van der Waals surface area contributed by atoms with Crippen LogP contribution in [0.3, 0.4) is 0 Å². The second kappa shape index (κ2) is 22.5. The van der Waals surface area contributed by atoms with Crippen molar-refractivity contribution in [1.82, 2.24) is 26.6 Å². The lowest BCUT2D eigenvalue weighted by atomic mass is 10.1. The third-order valence-corrected chi connectivity index (χ3v) is 7.65. The van der Waals surface area contributed by atoms with Crippen LogP contribution >= 0.6 is 23.2 Å². The average molecular weight is 808 g/mol. The number of aliphatic imine (C=N–C) groups is 1. The van der Waals surface area contributed by atoms with Crippen LogP contribution in [-0.2, 0) is 23.8 Å². The van der Waals surface area contributed by atoms with Crippen molar-refractivity contribution in [2.45, 2.75) is 104 Å². The van der Waals surface area contributed by atoms with E-state index >= 15 is 0 Å². The lowest BCUT2D eigenvalue weighted by Crippen LogP contribution is -2.50. The molecule has 0 aromatic heterocycles. The Labute approximate surface area is 332 Å². The van der Waals surface area contributed by atoms with Gasteiger partial charge in [0.15, 0.2) is 0 Å². The number of nitrogens with zero attached hydrogens (tertiary/aromatic N) is 1. The Morgan fingerprint density at radius 3 is 1.89 bits per heavy atom. The second-order valence-corrected chi connectivity index (χ2v) is 15.1. The SMILES string of the molecule is CCCCCCCCOC(=O)[C@H](CNC(=O)CNC(=O)c1cccc(N=C(NC(=O)OC(C)(C)C)NC(=O)OC(C)(C)C)c1)NC(=O)c1c(Cl)cccc1Cl. The van der Waals surface area contributed by atoms with Crippen LogP contribution in [0.25, 0.3) is 0 Å². The highest BCUT2D eigenvalue weighted by atomic mass is 35.5. The van der Waals surface area contributed by atoms with Gasteiger partial charge in [-0.2, -0.15) is 0 Å². The molecule has 2 aromatic rings. The topological polar surface area (TPSA) is 203 Å². The summed E-state index contributed by atoms with van der Waals surface area (Å²) in [4.78, 5) is 81.1. The number of amides is 5. The summed E-state index contributed by atoms with van der Waals surface area (Å²) in [5.74, 6) is -3.18. The largest absolute Gasteiger partial charge is 0.464 e. The van der Waals surface area contributed by atoms with Gasteiger partial charge in [-0.05, 0) is 78.3 Å². The second-order valence-electron chi connectivity index (χ2n) is 14.3. The molecule has 0 bridgehead atoms. The van der Waals surface area contributed by atoms with Gasteiger partial charge in [0.05, 0.1) is 34.4 Å². The minimum absolute atomic E-state index is 0.0434. The minimum atomic E-state index is -1.30. The summed E-state index contributed by atoms with van der Waals surface area (Å²) in [6, 6.07) is 9.03. The van der Waals surface area contributed by atoms with Crippen molar-refractivity contribution in [3.8, 4) is 0 Å². The molecule has 0 aliphatic heterocycles. The zero-order valence-electron chi connectivity index (χ0n) is 32.4. The monoisotopic (exact) mass is 806 g/mol. The summed E-state index contributed by atoms with van der Waals surface area (Å²) < 4.78 is 15.9. The standard InChI is InChI=1S/C38H52Cl2N6O9/c1-8-9-10-11-12-13-20-53-33(50)28(44-32(49)30-26(39)18-15-19-27(30)40)22-41-29(47)23-42-31(48)24-16-14-17-25(21-24)43-34(45-35(51)54-37(2,3)4)46-36(52)55-38(5,6)7/h14-19,21,28H,8-13,20,22-23H2,1-7H3,(H,41,47)(H,42,48)(H,44,49)(H2,43,45,46,51,52)/t28-/m0/s1. The van der Waals surface area contributed by atoms with Gasteiger partial charge in [-0.1, -0.05) is 74.4 Å². The van der Waals surface area contributed by atoms with Crippen molar-refractivity contribution in [1.29, 1.82) is 0 Å². The van der Waals surface area contributed by atoms with E-state index in [1.54, 1.807) is 47.6 Å². The van der Waals surface area contributed by atoms with Crippen LogP contribution in [0.5, 0.6) is 0 Å². The highest BCUT2D eigenvalue weighted by Gasteiger charge is 2.26. The molecular formula is C38H52Cl2N6O9. The first-order valence-electron chi connectivity index (χ1n) is 17.9. The number of esters is 1. The predicted molar refractivity (Wildman–Crippen MR) is 210 cm³/mol. The fourth-order valence-electron chi connectivity index (χ4n) is 4.57. The zero-order chi connectivity index (χ0) is 41.2. The number of carbonyl (C=O) groups is 6. The molecule has 0 spiro atoms. The van der Waals surface area contributed by atoms with Gasteiger partial charge in [0.1, 0.15) is 17.2 Å². The summed E-state index contributed by atoms with van der Waals surface area (Å²) in [7, 11) is 0. The zero-order valence-corrected chi connectivity index (χ0v) is 33.9. The number of alkyl carbamates (subject to hydrolysis) is 2. The summed E-state index contributed by atoms with van der Waals surface area (Å²) in [6.45, 7) is 11.4. The Kier molecular flexibility index (Phi) is 18.9. The van der Waals surface area contributed by atoms with Gasteiger partial charge in [-0.15, -0.1) is 0 Å². The molecule has 0 aliphatic rings. The molecule has 5 N–H and O–H groups in total. The summed E-state index contributed by atoms with van der Waals surface area (Å²) in [6.07, 6.45) is 4.05. The van der Waals surface area contributed by atoms with Crippen LogP contribution in [-0.4, -0.2) is 78.8 Å². The van der Waals surface area contributed by atoms with E-state index in [9.17, 15) is 28.8 Å². The van der Waals surface area contributed by atoms with Crippen LogP contribution in [0.2, 0.25) is 10.0 Å². The maximum absolute atomic E-state index is 13.1. The Morgan fingerprint density at radius 1 is 0.745 bits per heavy atom. The third-order valence-electron chi connectivity index (χ3n) is 7.02. The number of hydrogen-bond acceptors (Lipinski definition) is 10. The van der Waals surface area contributed by atoms with Crippen LogP contribution < -0.4 is 26.6 Å². The molecule has 2 aromatic carbocycles. The van der Waals surface area contributed by atoms with E-state index < -0.39 is 59.7 Å². The molecule has 0 unspecified atom stereocenters. The molecule has 5 amide bonds. The maximum Gasteiger partial charge on any atom is 0.414 e. The van der Waals surface area contributed by atoms with Crippen molar-refractivity contribution in [3.63, 3.8) is 0 Å². The minimum Gasteiger partial charge on any atom is -0.464 e. The van der Waals surface area contributed by atoms with Crippen molar-refractivity contribution >= 4 is 70.7 Å². The normalized spacial score (nSPS) is 11.7. The lowest BCUT2D eigenvalue weighted by Gasteiger charge is -2.22. The number of benzene rings is 2. The molecule has 0 aliphatic carbocycles. The van der Waals surface area contributed by atoms with E-state index in [-0.39, 0.29) is 46.0 Å². The first-order valence-corrected chi connectivity index (χ1v) is 18.7. The van der Waals surface area contributed by atoms with Crippen molar-refractivity contribution in [2.75, 3.05) is 19.7 Å². The van der Waals surface area contributed by atoms with Gasteiger partial charge in [0.25, 0.3) is 11.8 Å². The molecule has 0 heterocycles. The first kappa shape index (κ1) is 46.3. The maximum atomic E-state index is 13.1. The Balaban J connectivity index is 2.11. The molecule has 1 atom stereocenters. The smallest absolute Gasteiger partial charge is 0.414 e. The Hall–Kier alpha value is -4.89. The molecule has 0 saturated carbocycles. The number of carbonyl (C=O) groups excluding carboxylic acids is 6. The van der Waals surface area contributed by atoms with E-state index in [0.29, 0.717) is 6.42 Å². The van der Waals surface area contributed by atoms with E-state index in [0.717, 1.165) is 32.1 Å². The highest BCUT2D eigenvalue weighted by Crippen LogP contribution is 2.24. The molecule has 17 heteroatoms. The van der Waals surface area contributed by atoms with Crippen molar-refractivity contribution < 1.29 is 43.0 Å². The van der Waals surface area contributed by atoms with Gasteiger partial charge in [-0.25, -0.2) is 19.4 Å². The van der Waals surface area contributed by atoms with Gasteiger partial charge in [0, 0.05) is 12.1 Å². The van der Waals surface area contributed by atoms with Crippen LogP contribution in [0.15, 0.2) is 47.5 Å². The van der Waals surface area contributed by atoms with Crippen LogP contribution in [0.1, 0.15) is 108 Å². The molecular weight excluding hydrogens is 755 g/mol. The lowest BCUT2D eigenvalue weighted by molar-refractivity contribution is -0.146. The van der Waals surface area contributed by atoms with Gasteiger partial charge >= 0.3 is 18.2 Å². The number of unbranched alkanes of at least 4 members (excludes halogenated alkanes) is 5. The van der Waals surface area contributed by atoms with Crippen molar-refractivity contribution in [3.05, 3.63) is 63.6 Å². The van der Waals surface area contributed by atoms with E-state index in [2.05, 4.69) is 38.5 Å². The highest BCUT2D eigenvalue weighted by molar-refractivity contribution is 6.39. The molecule has 15 nitrogen and oxygen atoms in total. The molecule has 0 saturated heterocycles. The number of nitrogens with one attached hydrogen (secondary N) is 5. The quantitative estimate of drug-likeness (QED) is 0.0408. The van der Waals surface area contributed by atoms with E-state index in [4.69, 9.17) is 37.4 Å². The van der Waals surface area contributed by atoms with E-state index in [1.807, 2.05) is 0 Å². The summed E-state index contributed by atoms with van der Waals surface area (Å²) in [5, 5.41) is 12.4. The third kappa shape index (κ3) is 18.8. The van der Waals surface area contributed by atoms with E-state index in [1.165, 1.54) is 36.4 Å². The van der Waals surface area contributed by atoms with Gasteiger partial charge < -0.3 is 30.2 Å². The number of hydrogen-bond donors (Lipinski definition) is 5. The summed E-state index contributed by atoms with van der Waals surface area (Å²) >= 11 is 12.4. The summed E-state index contributed by atoms with van der Waals surface area (Å²) in [5.41, 5.74) is -1.50. The molecule has 55 heavy (non-hydrogen) atoms.